The second-order valence-corrected chi connectivity index (χ2v) is 6.05. The minimum atomic E-state index is -2.86. The van der Waals surface area contributed by atoms with E-state index in [9.17, 15) is 13.2 Å². The lowest BCUT2D eigenvalue weighted by Gasteiger charge is -2.39. The third kappa shape index (κ3) is 2.26. The lowest BCUT2D eigenvalue weighted by molar-refractivity contribution is 0.0208. The van der Waals surface area contributed by atoms with Crippen LogP contribution in [0.1, 0.15) is 11.3 Å². The van der Waals surface area contributed by atoms with Crippen molar-refractivity contribution in [3.63, 3.8) is 0 Å². The Hall–Kier alpha value is -1.41. The summed E-state index contributed by atoms with van der Waals surface area (Å²) in [5, 5.41) is 6.60. The molecule has 0 bridgehead atoms. The second-order valence-electron chi connectivity index (χ2n) is 4.72. The summed E-state index contributed by atoms with van der Waals surface area (Å²) in [6, 6.07) is 5.57. The van der Waals surface area contributed by atoms with Gasteiger partial charge in [0.25, 0.3) is 6.43 Å². The predicted molar refractivity (Wildman–Crippen MR) is 78.8 cm³/mol. The number of hydrogen-bond donors (Lipinski definition) is 1. The van der Waals surface area contributed by atoms with Crippen molar-refractivity contribution in [3.05, 3.63) is 52.0 Å². The molecule has 1 N–H and O–H groups in total. The molecule has 3 rings (SSSR count). The molecule has 1 aromatic carbocycles. The topological polar surface area (TPSA) is 29.9 Å². The van der Waals surface area contributed by atoms with E-state index in [1.807, 2.05) is 0 Å². The average molecular weight is 376 g/mol. The van der Waals surface area contributed by atoms with E-state index in [-0.39, 0.29) is 17.1 Å². The van der Waals surface area contributed by atoms with Gasteiger partial charge in [-0.3, -0.25) is 4.68 Å². The van der Waals surface area contributed by atoms with Crippen LogP contribution in [-0.4, -0.2) is 21.2 Å². The largest absolute Gasteiger partial charge is 0.358 e. The van der Waals surface area contributed by atoms with Crippen LogP contribution in [0.4, 0.5) is 13.2 Å². The molecular weight excluding hydrogens is 367 g/mol. The van der Waals surface area contributed by atoms with Crippen molar-refractivity contribution in [1.29, 1.82) is 0 Å². The molecule has 8 heteroatoms. The molecule has 0 radical (unpaired) electrons. The Morgan fingerprint density at radius 1 is 1.38 bits per heavy atom. The van der Waals surface area contributed by atoms with Crippen LogP contribution in [0.3, 0.4) is 0 Å². The number of rotatable bonds is 2. The van der Waals surface area contributed by atoms with Gasteiger partial charge in [-0.1, -0.05) is 28.1 Å². The molecule has 0 amide bonds. The predicted octanol–water partition coefficient (Wildman–Crippen LogP) is 3.22. The molecule has 0 aliphatic carbocycles. The molecule has 0 saturated heterocycles. The first-order valence-electron chi connectivity index (χ1n) is 6.02. The summed E-state index contributed by atoms with van der Waals surface area (Å²) < 4.78 is 43.6. The highest BCUT2D eigenvalue weighted by molar-refractivity contribution is 9.10. The molecular formula is C13H9BrF3N3S. The van der Waals surface area contributed by atoms with Gasteiger partial charge >= 0.3 is 0 Å². The minimum absolute atomic E-state index is 0.124. The Morgan fingerprint density at radius 2 is 2.14 bits per heavy atom. The number of nitrogens with zero attached hydrogens (tertiary/aromatic N) is 2. The first-order valence-corrected chi connectivity index (χ1v) is 7.22. The Kier molecular flexibility index (Phi) is 3.53. The van der Waals surface area contributed by atoms with Gasteiger partial charge in [0.15, 0.2) is 0 Å². The van der Waals surface area contributed by atoms with Crippen LogP contribution < -0.4 is 5.32 Å². The van der Waals surface area contributed by atoms with Crippen molar-refractivity contribution >= 4 is 33.1 Å². The van der Waals surface area contributed by atoms with Crippen molar-refractivity contribution in [2.45, 2.75) is 18.5 Å². The summed E-state index contributed by atoms with van der Waals surface area (Å²) in [7, 11) is 0. The van der Waals surface area contributed by atoms with Crippen LogP contribution in [0.2, 0.25) is 0 Å². The average Bonchev–Trinajstić information content (AvgIpc) is 2.89. The standard InChI is InChI=1S/C13H9BrF3N3S/c14-7-1-2-9(15)8(5-7)13(12(16)17)6-20-10(3-4-18-20)11(21)19-13/h1-5,12H,6H2,(H,19,21). The Balaban J connectivity index is 2.19. The van der Waals surface area contributed by atoms with Crippen molar-refractivity contribution in [2.75, 3.05) is 0 Å². The van der Waals surface area contributed by atoms with Crippen LogP contribution in [0, 0.1) is 5.82 Å². The highest BCUT2D eigenvalue weighted by atomic mass is 79.9. The van der Waals surface area contributed by atoms with E-state index in [2.05, 4.69) is 26.3 Å². The number of aromatic nitrogens is 2. The maximum absolute atomic E-state index is 14.1. The summed E-state index contributed by atoms with van der Waals surface area (Å²) in [5.74, 6) is -0.718. The highest BCUT2D eigenvalue weighted by Crippen LogP contribution is 2.36. The second kappa shape index (κ2) is 5.10. The summed E-state index contributed by atoms with van der Waals surface area (Å²) >= 11 is 8.30. The molecule has 2 aromatic rings. The summed E-state index contributed by atoms with van der Waals surface area (Å²) in [6.45, 7) is -0.208. The zero-order chi connectivity index (χ0) is 15.2. The van der Waals surface area contributed by atoms with E-state index >= 15 is 0 Å². The first kappa shape index (κ1) is 14.5. The van der Waals surface area contributed by atoms with Crippen molar-refractivity contribution < 1.29 is 13.2 Å². The van der Waals surface area contributed by atoms with Gasteiger partial charge in [0, 0.05) is 16.2 Å². The van der Waals surface area contributed by atoms with Gasteiger partial charge in [0.1, 0.15) is 16.3 Å². The van der Waals surface area contributed by atoms with Crippen LogP contribution in [0.15, 0.2) is 34.9 Å². The third-order valence-electron chi connectivity index (χ3n) is 3.47. The number of benzene rings is 1. The fourth-order valence-corrected chi connectivity index (χ4v) is 3.14. The van der Waals surface area contributed by atoms with Gasteiger partial charge in [-0.15, -0.1) is 0 Å². The van der Waals surface area contributed by atoms with Gasteiger partial charge in [-0.05, 0) is 24.3 Å². The highest BCUT2D eigenvalue weighted by Gasteiger charge is 2.48. The molecule has 1 aliphatic rings. The van der Waals surface area contributed by atoms with Gasteiger partial charge in [0.05, 0.1) is 12.2 Å². The Morgan fingerprint density at radius 3 is 2.86 bits per heavy atom. The number of alkyl halides is 2. The molecule has 21 heavy (non-hydrogen) atoms. The Labute approximate surface area is 132 Å². The molecule has 1 aromatic heterocycles. The normalized spacial score (nSPS) is 21.3. The molecule has 1 unspecified atom stereocenters. The monoisotopic (exact) mass is 375 g/mol. The zero-order valence-electron chi connectivity index (χ0n) is 10.5. The van der Waals surface area contributed by atoms with Crippen LogP contribution in [0.25, 0.3) is 0 Å². The number of fused-ring (bicyclic) bond motifs is 1. The molecule has 0 spiro atoms. The smallest absolute Gasteiger partial charge is 0.267 e. The lowest BCUT2D eigenvalue weighted by atomic mass is 9.88. The van der Waals surface area contributed by atoms with Crippen molar-refractivity contribution in [1.82, 2.24) is 15.1 Å². The van der Waals surface area contributed by atoms with Gasteiger partial charge in [-0.2, -0.15) is 5.10 Å². The van der Waals surface area contributed by atoms with E-state index in [1.54, 1.807) is 6.07 Å². The van der Waals surface area contributed by atoms with Gasteiger partial charge in [-0.25, -0.2) is 13.2 Å². The third-order valence-corrected chi connectivity index (χ3v) is 4.27. The van der Waals surface area contributed by atoms with E-state index in [4.69, 9.17) is 12.2 Å². The van der Waals surface area contributed by atoms with Crippen molar-refractivity contribution in [3.8, 4) is 0 Å². The molecule has 0 fully saturated rings. The molecule has 110 valence electrons. The Bertz CT molecular complexity index is 718. The summed E-state index contributed by atoms with van der Waals surface area (Å²) in [6.07, 6.45) is -1.39. The van der Waals surface area contributed by atoms with E-state index in [0.29, 0.717) is 10.2 Å². The fourth-order valence-electron chi connectivity index (χ4n) is 2.43. The number of thiocarbonyl (C=S) groups is 1. The van der Waals surface area contributed by atoms with Crippen LogP contribution in [-0.2, 0) is 12.1 Å². The van der Waals surface area contributed by atoms with Crippen molar-refractivity contribution in [2.24, 2.45) is 0 Å². The first-order chi connectivity index (χ1) is 9.94. The fraction of sp³-hybridized carbons (Fsp3) is 0.231. The van der Waals surface area contributed by atoms with Gasteiger partial charge in [0.2, 0.25) is 0 Å². The molecule has 1 aliphatic heterocycles. The van der Waals surface area contributed by atoms with E-state index in [0.717, 1.165) is 6.07 Å². The maximum atomic E-state index is 14.1. The summed E-state index contributed by atoms with van der Waals surface area (Å²) in [4.78, 5) is 0.124. The summed E-state index contributed by atoms with van der Waals surface area (Å²) in [5.41, 5.74) is -1.55. The molecule has 2 heterocycles. The van der Waals surface area contributed by atoms with Gasteiger partial charge < -0.3 is 5.32 Å². The van der Waals surface area contributed by atoms with Crippen LogP contribution in [0.5, 0.6) is 0 Å². The quantitative estimate of drug-likeness (QED) is 0.817. The number of hydrogen-bond acceptors (Lipinski definition) is 2. The number of nitrogens with one attached hydrogen (secondary N) is 1. The van der Waals surface area contributed by atoms with E-state index < -0.39 is 17.8 Å². The molecule has 0 saturated carbocycles. The molecule has 3 nitrogen and oxygen atoms in total. The van der Waals surface area contributed by atoms with E-state index in [1.165, 1.54) is 23.0 Å². The lowest BCUT2D eigenvalue weighted by Crippen LogP contribution is -2.58. The molecule has 1 atom stereocenters. The minimum Gasteiger partial charge on any atom is -0.358 e. The zero-order valence-corrected chi connectivity index (χ0v) is 12.9. The SMILES string of the molecule is Fc1ccc(Br)cc1C1(C(F)F)Cn2nccc2C(=S)N1. The maximum Gasteiger partial charge on any atom is 0.267 e. The van der Waals surface area contributed by atoms with Crippen LogP contribution >= 0.6 is 28.1 Å². The number of halogens is 4.